The van der Waals surface area contributed by atoms with E-state index in [1.165, 1.54) is 7.11 Å². The second-order valence-electron chi connectivity index (χ2n) is 9.02. The Bertz CT molecular complexity index is 1390. The van der Waals surface area contributed by atoms with E-state index in [1.807, 2.05) is 24.3 Å². The number of nitrogens with zero attached hydrogens (tertiary/aromatic N) is 1. The highest BCUT2D eigenvalue weighted by atomic mass is 16.5. The van der Waals surface area contributed by atoms with Crippen molar-refractivity contribution >= 4 is 35.1 Å². The van der Waals surface area contributed by atoms with Crippen LogP contribution in [0.2, 0.25) is 0 Å². The van der Waals surface area contributed by atoms with Crippen LogP contribution < -0.4 is 20.7 Å². The molecule has 5 amide bonds. The van der Waals surface area contributed by atoms with Crippen molar-refractivity contribution in [3.8, 4) is 5.75 Å². The SMILES string of the molecule is COc1ccccc1NC(=O)c1ccc(NC(=O)CN2C(=O)N[C@@]3(CCCc4ccccc43)C2=O)cc1. The number of benzene rings is 3. The topological polar surface area (TPSA) is 117 Å². The van der Waals surface area contributed by atoms with Crippen LogP contribution in [0.25, 0.3) is 0 Å². The van der Waals surface area contributed by atoms with Crippen molar-refractivity contribution in [1.29, 1.82) is 0 Å². The first-order chi connectivity index (χ1) is 17.9. The number of carbonyl (C=O) groups is 4. The lowest BCUT2D eigenvalue weighted by Crippen LogP contribution is -2.47. The molecular weight excluding hydrogens is 472 g/mol. The number of rotatable bonds is 6. The van der Waals surface area contributed by atoms with Gasteiger partial charge in [-0.05, 0) is 66.8 Å². The molecule has 1 aliphatic heterocycles. The number of urea groups is 1. The predicted octanol–water partition coefficient (Wildman–Crippen LogP) is 3.67. The van der Waals surface area contributed by atoms with Gasteiger partial charge < -0.3 is 20.7 Å². The number of ether oxygens (including phenoxy) is 1. The summed E-state index contributed by atoms with van der Waals surface area (Å²) in [5.74, 6) is -0.725. The molecule has 37 heavy (non-hydrogen) atoms. The first kappa shape index (κ1) is 24.1. The summed E-state index contributed by atoms with van der Waals surface area (Å²) in [6.07, 6.45) is 2.10. The third-order valence-corrected chi connectivity index (χ3v) is 6.74. The standard InChI is InChI=1S/C28H26N4O5/c1-37-23-11-5-4-10-22(23)30-25(34)19-12-14-20(15-13-19)29-24(33)17-32-26(35)28(31-27(32)36)16-6-8-18-7-2-3-9-21(18)28/h2-5,7,9-15H,6,8,16-17H2,1H3,(H,29,33)(H,30,34)(H,31,36)/t28-/m1/s1. The molecule has 5 rings (SSSR count). The zero-order valence-electron chi connectivity index (χ0n) is 20.2. The number of para-hydroxylation sites is 2. The fourth-order valence-electron chi connectivity index (χ4n) is 4.95. The second-order valence-corrected chi connectivity index (χ2v) is 9.02. The minimum atomic E-state index is -1.12. The maximum absolute atomic E-state index is 13.4. The number of hydrogen-bond donors (Lipinski definition) is 3. The van der Waals surface area contributed by atoms with E-state index in [2.05, 4.69) is 16.0 Å². The second kappa shape index (κ2) is 9.77. The van der Waals surface area contributed by atoms with Gasteiger partial charge in [-0.15, -0.1) is 0 Å². The summed E-state index contributed by atoms with van der Waals surface area (Å²) in [5, 5.41) is 8.33. The number of amides is 5. The van der Waals surface area contributed by atoms with Gasteiger partial charge in [-0.25, -0.2) is 4.79 Å². The van der Waals surface area contributed by atoms with Crippen LogP contribution in [0.1, 0.15) is 34.3 Å². The maximum atomic E-state index is 13.4. The molecule has 2 aliphatic rings. The molecule has 3 N–H and O–H groups in total. The number of aryl methyl sites for hydroxylation is 1. The third-order valence-electron chi connectivity index (χ3n) is 6.74. The molecule has 1 heterocycles. The smallest absolute Gasteiger partial charge is 0.325 e. The van der Waals surface area contributed by atoms with Crippen molar-refractivity contribution < 1.29 is 23.9 Å². The third kappa shape index (κ3) is 4.51. The fourth-order valence-corrected chi connectivity index (χ4v) is 4.95. The molecule has 1 atom stereocenters. The molecule has 188 valence electrons. The molecule has 1 saturated heterocycles. The molecule has 0 aromatic heterocycles. The average molecular weight is 499 g/mol. The van der Waals surface area contributed by atoms with Gasteiger partial charge in [0.2, 0.25) is 5.91 Å². The number of hydrogen-bond acceptors (Lipinski definition) is 5. The van der Waals surface area contributed by atoms with E-state index in [-0.39, 0.29) is 5.91 Å². The summed E-state index contributed by atoms with van der Waals surface area (Å²) in [5.41, 5.74) is 2.06. The molecule has 0 radical (unpaired) electrons. The monoisotopic (exact) mass is 498 g/mol. The van der Waals surface area contributed by atoms with Gasteiger partial charge in [0.1, 0.15) is 17.8 Å². The number of methoxy groups -OCH3 is 1. The lowest BCUT2D eigenvalue weighted by atomic mass is 9.76. The molecule has 3 aromatic rings. The van der Waals surface area contributed by atoms with Crippen LogP contribution in [-0.2, 0) is 21.5 Å². The molecule has 1 aliphatic carbocycles. The van der Waals surface area contributed by atoms with Crippen LogP contribution >= 0.6 is 0 Å². The average Bonchev–Trinajstić information content (AvgIpc) is 3.14. The minimum absolute atomic E-state index is 0.334. The van der Waals surface area contributed by atoms with Gasteiger partial charge >= 0.3 is 6.03 Å². The Balaban J connectivity index is 1.23. The lowest BCUT2D eigenvalue weighted by Gasteiger charge is -2.33. The zero-order valence-corrected chi connectivity index (χ0v) is 20.2. The summed E-state index contributed by atoms with van der Waals surface area (Å²) in [6.45, 7) is -0.412. The quantitative estimate of drug-likeness (QED) is 0.449. The number of fused-ring (bicyclic) bond motifs is 2. The van der Waals surface area contributed by atoms with Gasteiger partial charge in [-0.1, -0.05) is 36.4 Å². The molecule has 0 unspecified atom stereocenters. The first-order valence-electron chi connectivity index (χ1n) is 12.0. The number of carbonyl (C=O) groups excluding carboxylic acids is 4. The summed E-state index contributed by atoms with van der Waals surface area (Å²) in [7, 11) is 1.52. The van der Waals surface area contributed by atoms with Crippen LogP contribution in [0.15, 0.2) is 72.8 Å². The van der Waals surface area contributed by atoms with Crippen LogP contribution in [0.5, 0.6) is 5.75 Å². The van der Waals surface area contributed by atoms with Crippen molar-refractivity contribution in [2.45, 2.75) is 24.8 Å². The molecule has 9 heteroatoms. The Morgan fingerprint density at radius 2 is 1.70 bits per heavy atom. The summed E-state index contributed by atoms with van der Waals surface area (Å²) in [4.78, 5) is 52.4. The molecule has 1 spiro atoms. The molecule has 9 nitrogen and oxygen atoms in total. The maximum Gasteiger partial charge on any atom is 0.325 e. The Morgan fingerprint density at radius 1 is 0.973 bits per heavy atom. The number of anilines is 2. The molecule has 3 aromatic carbocycles. The van der Waals surface area contributed by atoms with Gasteiger partial charge in [-0.3, -0.25) is 19.3 Å². The highest BCUT2D eigenvalue weighted by molar-refractivity contribution is 6.11. The molecule has 0 saturated carbocycles. The largest absolute Gasteiger partial charge is 0.495 e. The van der Waals surface area contributed by atoms with Gasteiger partial charge in [0.25, 0.3) is 11.8 Å². The van der Waals surface area contributed by atoms with Crippen molar-refractivity contribution in [2.24, 2.45) is 0 Å². The van der Waals surface area contributed by atoms with E-state index in [0.29, 0.717) is 29.1 Å². The van der Waals surface area contributed by atoms with E-state index in [4.69, 9.17) is 4.74 Å². The van der Waals surface area contributed by atoms with Gasteiger partial charge in [0.15, 0.2) is 0 Å². The van der Waals surface area contributed by atoms with Crippen LogP contribution in [-0.4, -0.2) is 42.3 Å². The van der Waals surface area contributed by atoms with Crippen molar-refractivity contribution in [3.63, 3.8) is 0 Å². The molecule has 1 fully saturated rings. The predicted molar refractivity (Wildman–Crippen MR) is 137 cm³/mol. The Kier molecular flexibility index (Phi) is 6.35. The fraction of sp³-hybridized carbons (Fsp3) is 0.214. The van der Waals surface area contributed by atoms with Crippen LogP contribution in [0, 0.1) is 0 Å². The van der Waals surface area contributed by atoms with Crippen molar-refractivity contribution in [3.05, 3.63) is 89.5 Å². The van der Waals surface area contributed by atoms with Crippen molar-refractivity contribution in [1.82, 2.24) is 10.2 Å². The van der Waals surface area contributed by atoms with E-state index in [0.717, 1.165) is 28.9 Å². The van der Waals surface area contributed by atoms with E-state index < -0.39 is 29.9 Å². The minimum Gasteiger partial charge on any atom is -0.495 e. The van der Waals surface area contributed by atoms with Crippen molar-refractivity contribution in [2.75, 3.05) is 24.3 Å². The Hall–Kier alpha value is -4.66. The van der Waals surface area contributed by atoms with Gasteiger partial charge in [0.05, 0.1) is 12.8 Å². The van der Waals surface area contributed by atoms with E-state index in [1.54, 1.807) is 48.5 Å². The van der Waals surface area contributed by atoms with Crippen LogP contribution in [0.4, 0.5) is 16.2 Å². The lowest BCUT2D eigenvalue weighted by molar-refractivity contribution is -0.134. The van der Waals surface area contributed by atoms with E-state index >= 15 is 0 Å². The molecule has 0 bridgehead atoms. The normalized spacial score (nSPS) is 18.2. The Morgan fingerprint density at radius 3 is 2.49 bits per heavy atom. The summed E-state index contributed by atoms with van der Waals surface area (Å²) in [6, 6.07) is 20.4. The molecular formula is C28H26N4O5. The summed E-state index contributed by atoms with van der Waals surface area (Å²) >= 11 is 0. The summed E-state index contributed by atoms with van der Waals surface area (Å²) < 4.78 is 5.25. The zero-order chi connectivity index (χ0) is 26.0. The Labute approximate surface area is 213 Å². The van der Waals surface area contributed by atoms with Gasteiger partial charge in [0, 0.05) is 11.3 Å². The van der Waals surface area contributed by atoms with Crippen LogP contribution in [0.3, 0.4) is 0 Å². The first-order valence-corrected chi connectivity index (χ1v) is 12.0. The number of nitrogens with one attached hydrogen (secondary N) is 3. The number of imide groups is 1. The van der Waals surface area contributed by atoms with Gasteiger partial charge in [-0.2, -0.15) is 0 Å². The highest BCUT2D eigenvalue weighted by Crippen LogP contribution is 2.39. The van der Waals surface area contributed by atoms with E-state index in [9.17, 15) is 19.2 Å². The highest BCUT2D eigenvalue weighted by Gasteiger charge is 2.54.